The van der Waals surface area contributed by atoms with Crippen LogP contribution in [-0.4, -0.2) is 29.1 Å². The highest BCUT2D eigenvalue weighted by molar-refractivity contribution is 7.19. The molecule has 6 nitrogen and oxygen atoms in total. The third-order valence-electron chi connectivity index (χ3n) is 3.48. The van der Waals surface area contributed by atoms with Crippen LogP contribution in [-0.2, 0) is 11.2 Å². The zero-order chi connectivity index (χ0) is 17.2. The Balaban J connectivity index is 2.17. The summed E-state index contributed by atoms with van der Waals surface area (Å²) in [7, 11) is 1.90. The van der Waals surface area contributed by atoms with E-state index in [1.165, 1.54) is 11.3 Å². The monoisotopic (exact) mass is 336 g/mol. The molecule has 1 atom stereocenters. The Morgan fingerprint density at radius 2 is 2.13 bits per heavy atom. The topological polar surface area (TPSA) is 80.0 Å². The molecule has 126 valence electrons. The van der Waals surface area contributed by atoms with Crippen LogP contribution in [0, 0.1) is 12.3 Å². The van der Waals surface area contributed by atoms with E-state index in [0.717, 1.165) is 15.4 Å². The third-order valence-corrected chi connectivity index (χ3v) is 4.62. The molecule has 2 aromatic rings. The van der Waals surface area contributed by atoms with Crippen molar-refractivity contribution in [2.45, 2.75) is 47.1 Å². The van der Waals surface area contributed by atoms with Crippen molar-refractivity contribution in [2.24, 2.45) is 5.41 Å². The molecular weight excluding hydrogens is 312 g/mol. The molecular formula is C16H24N4O2S. The summed E-state index contributed by atoms with van der Waals surface area (Å²) in [5.41, 5.74) is 0.579. The Kier molecular flexibility index (Phi) is 5.21. The lowest BCUT2D eigenvalue weighted by atomic mass is 9.96. The molecule has 0 aliphatic rings. The maximum absolute atomic E-state index is 12.1. The number of nitrogens with one attached hydrogen (secondary N) is 2. The number of likely N-dealkylation sites (N-methyl/N-ethyl adjacent to an activating group) is 1. The van der Waals surface area contributed by atoms with Crippen molar-refractivity contribution in [1.29, 1.82) is 0 Å². The number of carbonyl (C=O) groups is 1. The number of hydrogen-bond donors (Lipinski definition) is 2. The molecule has 0 saturated heterocycles. The van der Waals surface area contributed by atoms with E-state index in [2.05, 4.69) is 27.7 Å². The number of rotatable bonds is 5. The highest BCUT2D eigenvalue weighted by Crippen LogP contribution is 2.35. The average molecular weight is 336 g/mol. The van der Waals surface area contributed by atoms with Gasteiger partial charge >= 0.3 is 0 Å². The van der Waals surface area contributed by atoms with Gasteiger partial charge in [0.25, 0.3) is 5.89 Å². The fourth-order valence-electron chi connectivity index (χ4n) is 1.86. The number of hydrogen-bond acceptors (Lipinski definition) is 6. The van der Waals surface area contributed by atoms with Crippen LogP contribution in [0.2, 0.25) is 0 Å². The van der Waals surface area contributed by atoms with Crippen molar-refractivity contribution >= 4 is 22.2 Å². The summed E-state index contributed by atoms with van der Waals surface area (Å²) in [5.74, 6) is 1.16. The lowest BCUT2D eigenvalue weighted by molar-refractivity contribution is -0.123. The van der Waals surface area contributed by atoms with Crippen molar-refractivity contribution in [3.05, 3.63) is 17.5 Å². The molecule has 0 aromatic carbocycles. The fourth-order valence-corrected chi connectivity index (χ4v) is 2.85. The molecule has 0 fully saturated rings. The van der Waals surface area contributed by atoms with Gasteiger partial charge in [0.1, 0.15) is 0 Å². The molecule has 23 heavy (non-hydrogen) atoms. The van der Waals surface area contributed by atoms with Gasteiger partial charge in [-0.15, -0.1) is 11.3 Å². The summed E-state index contributed by atoms with van der Waals surface area (Å²) in [6.07, 6.45) is 0.706. The standard InChI is InChI=1S/C16H24N4O2S/c1-9-7-12(19-15(21)16(3,4)5)23-13(9)14-18-11(20-22-14)8-10(2)17-6/h7,10,17H,8H2,1-6H3,(H,19,21). The Morgan fingerprint density at radius 3 is 2.74 bits per heavy atom. The minimum Gasteiger partial charge on any atom is -0.333 e. The minimum absolute atomic E-state index is 0.0145. The summed E-state index contributed by atoms with van der Waals surface area (Å²) in [5, 5.41) is 10.9. The maximum Gasteiger partial charge on any atom is 0.268 e. The summed E-state index contributed by atoms with van der Waals surface area (Å²) in [4.78, 5) is 17.4. The van der Waals surface area contributed by atoms with Gasteiger partial charge in [-0.3, -0.25) is 4.79 Å². The first-order valence-electron chi connectivity index (χ1n) is 7.63. The quantitative estimate of drug-likeness (QED) is 0.876. The Hall–Kier alpha value is -1.73. The van der Waals surface area contributed by atoms with E-state index in [1.54, 1.807) is 0 Å². The van der Waals surface area contributed by atoms with Gasteiger partial charge in [-0.05, 0) is 32.5 Å². The highest BCUT2D eigenvalue weighted by atomic mass is 32.1. The van der Waals surface area contributed by atoms with Gasteiger partial charge in [0.05, 0.1) is 9.88 Å². The second-order valence-corrected chi connectivity index (χ2v) is 7.79. The maximum atomic E-state index is 12.1. The van der Waals surface area contributed by atoms with Crippen molar-refractivity contribution in [1.82, 2.24) is 15.5 Å². The van der Waals surface area contributed by atoms with E-state index >= 15 is 0 Å². The normalized spacial score (nSPS) is 13.1. The van der Waals surface area contributed by atoms with E-state index < -0.39 is 5.41 Å². The number of thiophene rings is 1. The molecule has 2 aromatic heterocycles. The summed E-state index contributed by atoms with van der Waals surface area (Å²) < 4.78 is 5.37. The zero-order valence-corrected chi connectivity index (χ0v) is 15.3. The van der Waals surface area contributed by atoms with Crippen LogP contribution in [0.15, 0.2) is 10.6 Å². The van der Waals surface area contributed by atoms with Gasteiger partial charge in [-0.2, -0.15) is 4.98 Å². The molecule has 1 unspecified atom stereocenters. The number of carbonyl (C=O) groups excluding carboxylic acids is 1. The lowest BCUT2D eigenvalue weighted by Crippen LogP contribution is -2.27. The van der Waals surface area contributed by atoms with Gasteiger partial charge < -0.3 is 15.2 Å². The summed E-state index contributed by atoms with van der Waals surface area (Å²) in [6, 6.07) is 2.22. The van der Waals surface area contributed by atoms with Gasteiger partial charge in [0.2, 0.25) is 5.91 Å². The van der Waals surface area contributed by atoms with Crippen LogP contribution < -0.4 is 10.6 Å². The average Bonchev–Trinajstić information content (AvgIpc) is 3.04. The molecule has 0 bridgehead atoms. The molecule has 0 aliphatic heterocycles. The molecule has 2 heterocycles. The van der Waals surface area contributed by atoms with Crippen LogP contribution in [0.5, 0.6) is 0 Å². The molecule has 7 heteroatoms. The van der Waals surface area contributed by atoms with Crippen molar-refractivity contribution in [3.8, 4) is 10.8 Å². The predicted molar refractivity (Wildman–Crippen MR) is 92.7 cm³/mol. The Morgan fingerprint density at radius 1 is 1.43 bits per heavy atom. The number of aromatic nitrogens is 2. The van der Waals surface area contributed by atoms with E-state index in [-0.39, 0.29) is 11.9 Å². The largest absolute Gasteiger partial charge is 0.333 e. The molecule has 0 spiro atoms. The van der Waals surface area contributed by atoms with E-state index in [9.17, 15) is 4.79 Å². The molecule has 2 rings (SSSR count). The smallest absolute Gasteiger partial charge is 0.268 e. The number of anilines is 1. The molecule has 0 aliphatic carbocycles. The highest BCUT2D eigenvalue weighted by Gasteiger charge is 2.23. The molecule has 0 radical (unpaired) electrons. The fraction of sp³-hybridized carbons (Fsp3) is 0.562. The van der Waals surface area contributed by atoms with Gasteiger partial charge in [-0.25, -0.2) is 0 Å². The van der Waals surface area contributed by atoms with Crippen LogP contribution >= 0.6 is 11.3 Å². The first kappa shape index (κ1) is 17.6. The lowest BCUT2D eigenvalue weighted by Gasteiger charge is -2.16. The minimum atomic E-state index is -0.432. The molecule has 1 amide bonds. The Labute approximate surface area is 140 Å². The summed E-state index contributed by atoms with van der Waals surface area (Å²) in [6.45, 7) is 9.69. The van der Waals surface area contributed by atoms with Crippen LogP contribution in [0.1, 0.15) is 39.1 Å². The predicted octanol–water partition coefficient (Wildman–Crippen LogP) is 3.24. The van der Waals surface area contributed by atoms with Crippen molar-refractivity contribution in [2.75, 3.05) is 12.4 Å². The van der Waals surface area contributed by atoms with Crippen molar-refractivity contribution in [3.63, 3.8) is 0 Å². The SMILES string of the molecule is CNC(C)Cc1noc(-c2sc(NC(=O)C(C)(C)C)cc2C)n1. The second-order valence-electron chi connectivity index (χ2n) is 6.74. The van der Waals surface area contributed by atoms with Crippen molar-refractivity contribution < 1.29 is 9.32 Å². The van der Waals surface area contributed by atoms with Gasteiger partial charge in [0, 0.05) is 17.9 Å². The van der Waals surface area contributed by atoms with Gasteiger partial charge in [-0.1, -0.05) is 25.9 Å². The van der Waals surface area contributed by atoms with Crippen LogP contribution in [0.25, 0.3) is 10.8 Å². The second kappa shape index (κ2) is 6.80. The number of nitrogens with zero attached hydrogens (tertiary/aromatic N) is 2. The zero-order valence-electron chi connectivity index (χ0n) is 14.5. The summed E-state index contributed by atoms with van der Waals surface area (Å²) >= 11 is 1.45. The third kappa shape index (κ3) is 4.39. The van der Waals surface area contributed by atoms with Gasteiger partial charge in [0.15, 0.2) is 5.82 Å². The number of amides is 1. The van der Waals surface area contributed by atoms with Crippen LogP contribution in [0.4, 0.5) is 5.00 Å². The van der Waals surface area contributed by atoms with E-state index in [4.69, 9.17) is 4.52 Å². The Bertz CT molecular complexity index is 685. The first-order valence-corrected chi connectivity index (χ1v) is 8.44. The number of aryl methyl sites for hydroxylation is 1. The van der Waals surface area contributed by atoms with Crippen LogP contribution in [0.3, 0.4) is 0 Å². The van der Waals surface area contributed by atoms with E-state index in [1.807, 2.05) is 40.8 Å². The van der Waals surface area contributed by atoms with E-state index in [0.29, 0.717) is 18.1 Å². The molecule has 0 saturated carbocycles. The first-order chi connectivity index (χ1) is 10.7. The molecule has 2 N–H and O–H groups in total.